The van der Waals surface area contributed by atoms with Crippen molar-refractivity contribution in [2.45, 2.75) is 0 Å². The van der Waals surface area contributed by atoms with Gasteiger partial charge >= 0.3 is 0 Å². The molecule has 0 aliphatic heterocycles. The van der Waals surface area contributed by atoms with E-state index < -0.39 is 0 Å². The summed E-state index contributed by atoms with van der Waals surface area (Å²) in [5, 5.41) is 3.36. The number of hydrogen-bond acceptors (Lipinski definition) is 2. The fraction of sp³-hybridized carbons (Fsp3) is 0.0625. The van der Waals surface area contributed by atoms with Crippen molar-refractivity contribution >= 4 is 38.5 Å². The molecule has 0 saturated heterocycles. The molecule has 3 nitrogen and oxygen atoms in total. The molecule has 0 bridgehead atoms. The third-order valence-corrected chi connectivity index (χ3v) is 3.76. The van der Waals surface area contributed by atoms with Crippen LogP contribution in [0.2, 0.25) is 0 Å². The Bertz CT molecular complexity index is 935. The first kappa shape index (κ1) is 10.4. The number of rotatable bonds is 0. The average molecular weight is 247 g/mol. The minimum absolute atomic E-state index is 0.602. The maximum Gasteiger partial charge on any atom is 0.134 e. The molecule has 4 aromatic rings. The molecule has 0 spiro atoms. The highest BCUT2D eigenvalue weighted by Gasteiger charge is 2.14. The summed E-state index contributed by atoms with van der Waals surface area (Å²) >= 11 is 0. The second kappa shape index (κ2) is 3.48. The van der Waals surface area contributed by atoms with Gasteiger partial charge in [-0.3, -0.25) is 0 Å². The standard InChI is InChI=1S/C16H13N3/c1-19-13-9-5-3-7-11(13)14-15(19)10-6-2-4-8-12(10)18-16(14)17/h2-9H,1H3,(H2,17,18). The van der Waals surface area contributed by atoms with Gasteiger partial charge in [-0.05, 0) is 12.1 Å². The van der Waals surface area contributed by atoms with Gasteiger partial charge in [-0.15, -0.1) is 0 Å². The third-order valence-electron chi connectivity index (χ3n) is 3.76. The first-order valence-electron chi connectivity index (χ1n) is 6.29. The summed E-state index contributed by atoms with van der Waals surface area (Å²) < 4.78 is 2.20. The van der Waals surface area contributed by atoms with E-state index in [2.05, 4.69) is 34.8 Å². The van der Waals surface area contributed by atoms with Gasteiger partial charge in [-0.1, -0.05) is 36.4 Å². The lowest BCUT2D eigenvalue weighted by atomic mass is 10.1. The molecule has 0 amide bonds. The Labute approximate surface area is 110 Å². The van der Waals surface area contributed by atoms with Gasteiger partial charge < -0.3 is 10.3 Å². The van der Waals surface area contributed by atoms with Crippen molar-refractivity contribution in [1.29, 1.82) is 0 Å². The summed E-state index contributed by atoms with van der Waals surface area (Å²) in [6.07, 6.45) is 0. The van der Waals surface area contributed by atoms with Crippen LogP contribution in [0.15, 0.2) is 48.5 Å². The van der Waals surface area contributed by atoms with Crippen LogP contribution in [-0.2, 0) is 7.05 Å². The average Bonchev–Trinajstić information content (AvgIpc) is 2.74. The predicted octanol–water partition coefficient (Wildman–Crippen LogP) is 3.46. The number of para-hydroxylation sites is 2. The van der Waals surface area contributed by atoms with E-state index in [1.807, 2.05) is 30.3 Å². The number of pyridine rings is 1. The Morgan fingerprint density at radius 3 is 2.47 bits per heavy atom. The van der Waals surface area contributed by atoms with Crippen LogP contribution in [-0.4, -0.2) is 9.55 Å². The Hall–Kier alpha value is -2.55. The van der Waals surface area contributed by atoms with Crippen LogP contribution in [0.25, 0.3) is 32.7 Å². The highest BCUT2D eigenvalue weighted by molar-refractivity contribution is 6.20. The number of hydrogen-bond donors (Lipinski definition) is 1. The quantitative estimate of drug-likeness (QED) is 0.517. The van der Waals surface area contributed by atoms with Gasteiger partial charge in [0.05, 0.1) is 16.4 Å². The van der Waals surface area contributed by atoms with E-state index >= 15 is 0 Å². The fourth-order valence-electron chi connectivity index (χ4n) is 2.92. The molecule has 4 rings (SSSR count). The molecule has 2 aromatic carbocycles. The van der Waals surface area contributed by atoms with Gasteiger partial charge in [-0.25, -0.2) is 4.98 Å². The zero-order valence-electron chi connectivity index (χ0n) is 10.6. The molecular weight excluding hydrogens is 234 g/mol. The van der Waals surface area contributed by atoms with Crippen LogP contribution >= 0.6 is 0 Å². The zero-order valence-corrected chi connectivity index (χ0v) is 10.6. The molecule has 0 unspecified atom stereocenters. The normalized spacial score (nSPS) is 11.6. The molecule has 0 aliphatic carbocycles. The van der Waals surface area contributed by atoms with Crippen LogP contribution in [0.3, 0.4) is 0 Å². The molecule has 2 aromatic heterocycles. The second-order valence-electron chi connectivity index (χ2n) is 4.81. The largest absolute Gasteiger partial charge is 0.383 e. The van der Waals surface area contributed by atoms with Crippen molar-refractivity contribution in [3.05, 3.63) is 48.5 Å². The highest BCUT2D eigenvalue weighted by atomic mass is 15.0. The Kier molecular flexibility index (Phi) is 1.90. The molecule has 0 atom stereocenters. The summed E-state index contributed by atoms with van der Waals surface area (Å²) in [5.41, 5.74) is 9.46. The molecule has 0 saturated carbocycles. The number of aryl methyl sites for hydroxylation is 1. The Morgan fingerprint density at radius 2 is 1.63 bits per heavy atom. The van der Waals surface area contributed by atoms with Gasteiger partial charge in [0.25, 0.3) is 0 Å². The van der Waals surface area contributed by atoms with Crippen molar-refractivity contribution < 1.29 is 0 Å². The van der Waals surface area contributed by atoms with E-state index in [9.17, 15) is 0 Å². The molecule has 0 fully saturated rings. The van der Waals surface area contributed by atoms with E-state index in [1.165, 1.54) is 5.52 Å². The van der Waals surface area contributed by atoms with Crippen molar-refractivity contribution in [3.8, 4) is 0 Å². The molecular formula is C16H13N3. The molecule has 0 radical (unpaired) electrons. The van der Waals surface area contributed by atoms with Crippen molar-refractivity contribution in [3.63, 3.8) is 0 Å². The summed E-state index contributed by atoms with van der Waals surface area (Å²) in [6.45, 7) is 0. The van der Waals surface area contributed by atoms with Crippen LogP contribution in [0.1, 0.15) is 0 Å². The minimum Gasteiger partial charge on any atom is -0.383 e. The van der Waals surface area contributed by atoms with Gasteiger partial charge in [-0.2, -0.15) is 0 Å². The fourth-order valence-corrected chi connectivity index (χ4v) is 2.92. The summed E-state index contributed by atoms with van der Waals surface area (Å²) in [5.74, 6) is 0.602. The number of nitrogens with two attached hydrogens (primary N) is 1. The van der Waals surface area contributed by atoms with Crippen LogP contribution < -0.4 is 5.73 Å². The highest BCUT2D eigenvalue weighted by Crippen LogP contribution is 2.35. The van der Waals surface area contributed by atoms with Gasteiger partial charge in [0, 0.05) is 23.3 Å². The van der Waals surface area contributed by atoms with Gasteiger partial charge in [0.1, 0.15) is 5.82 Å². The van der Waals surface area contributed by atoms with Gasteiger partial charge in [0.15, 0.2) is 0 Å². The molecule has 3 heteroatoms. The first-order chi connectivity index (χ1) is 9.27. The lowest BCUT2D eigenvalue weighted by Crippen LogP contribution is -1.94. The van der Waals surface area contributed by atoms with E-state index in [0.717, 1.165) is 27.2 Å². The molecule has 19 heavy (non-hydrogen) atoms. The number of anilines is 1. The van der Waals surface area contributed by atoms with Crippen LogP contribution in [0, 0.1) is 0 Å². The number of aromatic nitrogens is 2. The number of nitrogens with zero attached hydrogens (tertiary/aromatic N) is 2. The van der Waals surface area contributed by atoms with Crippen molar-refractivity contribution in [1.82, 2.24) is 9.55 Å². The summed E-state index contributed by atoms with van der Waals surface area (Å²) in [7, 11) is 2.08. The van der Waals surface area contributed by atoms with Crippen molar-refractivity contribution in [2.75, 3.05) is 5.73 Å². The van der Waals surface area contributed by atoms with E-state index in [-0.39, 0.29) is 0 Å². The first-order valence-corrected chi connectivity index (χ1v) is 6.29. The lowest BCUT2D eigenvalue weighted by molar-refractivity contribution is 1.02. The number of fused-ring (bicyclic) bond motifs is 5. The number of nitrogen functional groups attached to an aromatic ring is 1. The topological polar surface area (TPSA) is 43.8 Å². The monoisotopic (exact) mass is 247 g/mol. The van der Waals surface area contributed by atoms with Crippen LogP contribution in [0.4, 0.5) is 5.82 Å². The third kappa shape index (κ3) is 1.24. The Morgan fingerprint density at radius 1 is 0.947 bits per heavy atom. The predicted molar refractivity (Wildman–Crippen MR) is 80.1 cm³/mol. The second-order valence-corrected chi connectivity index (χ2v) is 4.81. The Balaban J connectivity index is 2.43. The summed E-state index contributed by atoms with van der Waals surface area (Å²) in [6, 6.07) is 16.4. The SMILES string of the molecule is Cn1c2ccccc2c2c(N)nc3ccccc3c21. The van der Waals surface area contributed by atoms with Crippen LogP contribution in [0.5, 0.6) is 0 Å². The summed E-state index contributed by atoms with van der Waals surface area (Å²) in [4.78, 5) is 4.53. The minimum atomic E-state index is 0.602. The molecule has 0 aliphatic rings. The zero-order chi connectivity index (χ0) is 13.0. The molecule has 2 heterocycles. The van der Waals surface area contributed by atoms with E-state index in [0.29, 0.717) is 5.82 Å². The maximum atomic E-state index is 6.18. The van der Waals surface area contributed by atoms with Crippen molar-refractivity contribution in [2.24, 2.45) is 7.05 Å². The molecule has 2 N–H and O–H groups in total. The lowest BCUT2D eigenvalue weighted by Gasteiger charge is -2.04. The maximum absolute atomic E-state index is 6.18. The smallest absolute Gasteiger partial charge is 0.134 e. The number of benzene rings is 2. The van der Waals surface area contributed by atoms with E-state index in [1.54, 1.807) is 0 Å². The van der Waals surface area contributed by atoms with E-state index in [4.69, 9.17) is 5.73 Å². The molecule has 92 valence electrons. The van der Waals surface area contributed by atoms with Gasteiger partial charge in [0.2, 0.25) is 0 Å².